The van der Waals surface area contributed by atoms with Gasteiger partial charge in [-0.25, -0.2) is 0 Å². The second-order valence-corrected chi connectivity index (χ2v) is 4.01. The van der Waals surface area contributed by atoms with Crippen LogP contribution in [0.15, 0.2) is 29.4 Å². The average molecular weight is 260 g/mol. The summed E-state index contributed by atoms with van der Waals surface area (Å²) in [6, 6.07) is 0. The SMILES string of the molecule is OC(c1cnccn1)c1cscc1C(F)(F)F. The highest BCUT2D eigenvalue weighted by atomic mass is 32.1. The molecule has 2 aromatic heterocycles. The van der Waals surface area contributed by atoms with E-state index in [1.807, 2.05) is 0 Å². The van der Waals surface area contributed by atoms with Gasteiger partial charge in [0.15, 0.2) is 0 Å². The van der Waals surface area contributed by atoms with Gasteiger partial charge in [-0.15, -0.1) is 0 Å². The Hall–Kier alpha value is -1.47. The molecule has 90 valence electrons. The van der Waals surface area contributed by atoms with Crippen molar-refractivity contribution in [2.75, 3.05) is 0 Å². The first-order chi connectivity index (χ1) is 8.00. The van der Waals surface area contributed by atoms with E-state index >= 15 is 0 Å². The number of nitrogens with zero attached hydrogens (tertiary/aromatic N) is 2. The van der Waals surface area contributed by atoms with Gasteiger partial charge in [-0.05, 0) is 5.38 Å². The maximum absolute atomic E-state index is 12.6. The van der Waals surface area contributed by atoms with Crippen LogP contribution in [-0.4, -0.2) is 15.1 Å². The lowest BCUT2D eigenvalue weighted by Gasteiger charge is -2.12. The first kappa shape index (κ1) is 12.0. The third-order valence-electron chi connectivity index (χ3n) is 2.16. The van der Waals surface area contributed by atoms with Crippen molar-refractivity contribution >= 4 is 11.3 Å². The molecule has 0 saturated heterocycles. The number of hydrogen-bond donors (Lipinski definition) is 1. The fourth-order valence-corrected chi connectivity index (χ4v) is 2.24. The van der Waals surface area contributed by atoms with Crippen LogP contribution in [0.25, 0.3) is 0 Å². The van der Waals surface area contributed by atoms with Crippen LogP contribution in [0.4, 0.5) is 13.2 Å². The highest BCUT2D eigenvalue weighted by molar-refractivity contribution is 7.08. The summed E-state index contributed by atoms with van der Waals surface area (Å²) in [7, 11) is 0. The second-order valence-electron chi connectivity index (χ2n) is 3.27. The molecule has 2 rings (SSSR count). The summed E-state index contributed by atoms with van der Waals surface area (Å²) >= 11 is 0.888. The number of aliphatic hydroxyl groups is 1. The van der Waals surface area contributed by atoms with Crippen LogP contribution in [-0.2, 0) is 6.18 Å². The highest BCUT2D eigenvalue weighted by Gasteiger charge is 2.36. The number of aliphatic hydroxyl groups excluding tert-OH is 1. The zero-order chi connectivity index (χ0) is 12.5. The van der Waals surface area contributed by atoms with Crippen molar-refractivity contribution in [1.82, 2.24) is 9.97 Å². The summed E-state index contributed by atoms with van der Waals surface area (Å²) in [5, 5.41) is 12.1. The van der Waals surface area contributed by atoms with Crippen LogP contribution in [0.2, 0.25) is 0 Å². The molecule has 0 aliphatic heterocycles. The summed E-state index contributed by atoms with van der Waals surface area (Å²) in [6.45, 7) is 0. The third-order valence-corrected chi connectivity index (χ3v) is 2.92. The summed E-state index contributed by atoms with van der Waals surface area (Å²) in [5.41, 5.74) is -0.931. The molecular weight excluding hydrogens is 253 g/mol. The fraction of sp³-hybridized carbons (Fsp3) is 0.200. The Labute approximate surface area is 98.6 Å². The van der Waals surface area contributed by atoms with Gasteiger partial charge in [-0.2, -0.15) is 24.5 Å². The van der Waals surface area contributed by atoms with Crippen molar-refractivity contribution in [2.24, 2.45) is 0 Å². The van der Waals surface area contributed by atoms with Crippen LogP contribution in [0.5, 0.6) is 0 Å². The average Bonchev–Trinajstić information content (AvgIpc) is 2.78. The van der Waals surface area contributed by atoms with E-state index in [1.54, 1.807) is 0 Å². The Morgan fingerprint density at radius 3 is 2.59 bits per heavy atom. The number of hydrogen-bond acceptors (Lipinski definition) is 4. The zero-order valence-corrected chi connectivity index (χ0v) is 9.16. The van der Waals surface area contributed by atoms with Gasteiger partial charge in [0.25, 0.3) is 0 Å². The first-order valence-corrected chi connectivity index (χ1v) is 5.51. The topological polar surface area (TPSA) is 46.0 Å². The molecule has 0 fully saturated rings. The van der Waals surface area contributed by atoms with Crippen LogP contribution in [0.3, 0.4) is 0 Å². The number of rotatable bonds is 2. The number of halogens is 3. The van der Waals surface area contributed by atoms with Gasteiger partial charge in [0, 0.05) is 23.3 Å². The van der Waals surface area contributed by atoms with E-state index in [1.165, 1.54) is 24.0 Å². The van der Waals surface area contributed by atoms with Gasteiger partial charge < -0.3 is 5.11 Å². The van der Waals surface area contributed by atoms with E-state index in [0.29, 0.717) is 0 Å². The molecule has 0 saturated carbocycles. The van der Waals surface area contributed by atoms with Gasteiger partial charge in [0.05, 0.1) is 17.5 Å². The molecule has 1 atom stereocenters. The Morgan fingerprint density at radius 2 is 2.00 bits per heavy atom. The predicted octanol–water partition coefficient (Wildman–Crippen LogP) is 2.64. The van der Waals surface area contributed by atoms with Crippen LogP contribution in [0, 0.1) is 0 Å². The minimum Gasteiger partial charge on any atom is -0.382 e. The molecule has 1 unspecified atom stereocenters. The van der Waals surface area contributed by atoms with Gasteiger partial charge in [-0.1, -0.05) is 0 Å². The summed E-state index contributed by atoms with van der Waals surface area (Å²) in [5.74, 6) is 0. The highest BCUT2D eigenvalue weighted by Crippen LogP contribution is 2.38. The predicted molar refractivity (Wildman–Crippen MR) is 55.4 cm³/mol. The summed E-state index contributed by atoms with van der Waals surface area (Å²) in [6.07, 6.45) is -1.94. The standard InChI is InChI=1S/C10H7F3N2OS/c11-10(12,13)7-5-17-4-6(7)9(16)8-3-14-1-2-15-8/h1-5,9,16H. The molecule has 0 bridgehead atoms. The van der Waals surface area contributed by atoms with Crippen LogP contribution in [0.1, 0.15) is 22.9 Å². The van der Waals surface area contributed by atoms with Gasteiger partial charge in [0.1, 0.15) is 6.10 Å². The van der Waals surface area contributed by atoms with E-state index in [9.17, 15) is 18.3 Å². The molecule has 2 heterocycles. The van der Waals surface area contributed by atoms with Crippen molar-refractivity contribution in [3.63, 3.8) is 0 Å². The lowest BCUT2D eigenvalue weighted by Crippen LogP contribution is -2.11. The molecule has 0 aromatic carbocycles. The molecule has 2 aromatic rings. The maximum Gasteiger partial charge on any atom is 0.417 e. The minimum atomic E-state index is -4.47. The Bertz CT molecular complexity index is 498. The maximum atomic E-state index is 12.6. The fourth-order valence-electron chi connectivity index (χ4n) is 1.36. The van der Waals surface area contributed by atoms with Crippen molar-refractivity contribution in [3.05, 3.63) is 46.2 Å². The normalized spacial score (nSPS) is 13.6. The van der Waals surface area contributed by atoms with E-state index in [-0.39, 0.29) is 11.3 Å². The van der Waals surface area contributed by atoms with Crippen molar-refractivity contribution in [1.29, 1.82) is 0 Å². The molecule has 3 nitrogen and oxygen atoms in total. The lowest BCUT2D eigenvalue weighted by molar-refractivity contribution is -0.138. The summed E-state index contributed by atoms with van der Waals surface area (Å²) in [4.78, 5) is 7.49. The molecule has 0 aliphatic rings. The molecule has 1 N–H and O–H groups in total. The van der Waals surface area contributed by atoms with Gasteiger partial charge in [0.2, 0.25) is 0 Å². The molecule has 0 radical (unpaired) electrons. The van der Waals surface area contributed by atoms with E-state index in [4.69, 9.17) is 0 Å². The van der Waals surface area contributed by atoms with Crippen LogP contribution >= 0.6 is 11.3 Å². The third kappa shape index (κ3) is 2.45. The van der Waals surface area contributed by atoms with Crippen molar-refractivity contribution < 1.29 is 18.3 Å². The number of alkyl halides is 3. The summed E-state index contributed by atoms with van der Waals surface area (Å²) < 4.78 is 37.9. The van der Waals surface area contributed by atoms with E-state index < -0.39 is 17.8 Å². The monoisotopic (exact) mass is 260 g/mol. The molecule has 17 heavy (non-hydrogen) atoms. The van der Waals surface area contributed by atoms with Gasteiger partial charge >= 0.3 is 6.18 Å². The van der Waals surface area contributed by atoms with Crippen molar-refractivity contribution in [2.45, 2.75) is 12.3 Å². The van der Waals surface area contributed by atoms with E-state index in [0.717, 1.165) is 16.7 Å². The minimum absolute atomic E-state index is 0.0939. The largest absolute Gasteiger partial charge is 0.417 e. The quantitative estimate of drug-likeness (QED) is 0.902. The van der Waals surface area contributed by atoms with Crippen LogP contribution < -0.4 is 0 Å². The molecule has 0 spiro atoms. The molecular formula is C10H7F3N2OS. The Balaban J connectivity index is 2.39. The van der Waals surface area contributed by atoms with E-state index in [2.05, 4.69) is 9.97 Å². The Kier molecular flexibility index (Phi) is 3.12. The first-order valence-electron chi connectivity index (χ1n) is 4.57. The molecule has 7 heteroatoms. The second kappa shape index (κ2) is 4.42. The lowest BCUT2D eigenvalue weighted by atomic mass is 10.1. The van der Waals surface area contributed by atoms with Gasteiger partial charge in [-0.3, -0.25) is 9.97 Å². The molecule has 0 amide bonds. The zero-order valence-electron chi connectivity index (χ0n) is 8.35. The Morgan fingerprint density at radius 1 is 1.24 bits per heavy atom. The molecule has 0 aliphatic carbocycles. The van der Waals surface area contributed by atoms with Crippen molar-refractivity contribution in [3.8, 4) is 0 Å². The smallest absolute Gasteiger partial charge is 0.382 e. The number of aromatic nitrogens is 2. The number of thiophene rings is 1.